The number of carbonyl (C=O) groups excluding carboxylic acids is 1. The van der Waals surface area contributed by atoms with Gasteiger partial charge in [-0.3, -0.25) is 9.78 Å². The molecular formula is C20H17FN8O2. The zero-order valence-electron chi connectivity index (χ0n) is 16.3. The van der Waals surface area contributed by atoms with E-state index in [9.17, 15) is 9.18 Å². The van der Waals surface area contributed by atoms with Gasteiger partial charge in [0.2, 0.25) is 0 Å². The van der Waals surface area contributed by atoms with E-state index in [4.69, 9.17) is 16.2 Å². The number of hydrogen-bond donors (Lipinski definition) is 2. The van der Waals surface area contributed by atoms with Crippen LogP contribution in [0, 0.1) is 5.82 Å². The smallest absolute Gasteiger partial charge is 0.267 e. The molecule has 4 N–H and O–H groups in total. The third kappa shape index (κ3) is 4.15. The number of pyridine rings is 1. The molecule has 1 aromatic carbocycles. The molecule has 0 spiro atoms. The van der Waals surface area contributed by atoms with Gasteiger partial charge in [0.05, 0.1) is 30.0 Å². The van der Waals surface area contributed by atoms with Gasteiger partial charge in [0.1, 0.15) is 17.6 Å². The summed E-state index contributed by atoms with van der Waals surface area (Å²) < 4.78 is 19.9. The van der Waals surface area contributed by atoms with Crippen molar-refractivity contribution in [3.8, 4) is 22.8 Å². The molecule has 0 aliphatic rings. The van der Waals surface area contributed by atoms with E-state index in [-0.39, 0.29) is 17.4 Å². The second kappa shape index (κ2) is 8.14. The Balaban J connectivity index is 1.65. The summed E-state index contributed by atoms with van der Waals surface area (Å²) in [7, 11) is 0. The van der Waals surface area contributed by atoms with E-state index in [1.807, 2.05) is 0 Å². The van der Waals surface area contributed by atoms with E-state index in [0.29, 0.717) is 22.5 Å². The summed E-state index contributed by atoms with van der Waals surface area (Å²) in [4.78, 5) is 25.1. The molecule has 156 valence electrons. The topological polar surface area (TPSA) is 148 Å². The molecule has 0 aliphatic carbocycles. The first-order valence-electron chi connectivity index (χ1n) is 9.14. The van der Waals surface area contributed by atoms with E-state index in [2.05, 4.69) is 25.1 Å². The van der Waals surface area contributed by atoms with Crippen LogP contribution in [-0.2, 0) is 0 Å². The maximum Gasteiger partial charge on any atom is 0.267 e. The Bertz CT molecular complexity index is 1230. The van der Waals surface area contributed by atoms with Gasteiger partial charge in [-0.15, -0.1) is 0 Å². The van der Waals surface area contributed by atoms with E-state index in [0.717, 1.165) is 0 Å². The fourth-order valence-electron chi connectivity index (χ4n) is 2.90. The molecule has 0 fully saturated rings. The van der Waals surface area contributed by atoms with Crippen LogP contribution < -0.4 is 16.2 Å². The van der Waals surface area contributed by atoms with Crippen molar-refractivity contribution in [2.45, 2.75) is 13.0 Å². The SMILES string of the molecule is C[C@@H](Oc1nc(-c2ccc(C(N)=O)nc2)cnc1N)c1cc(F)ccc1-n1nccn1. The fraction of sp³-hybridized carbons (Fsp3) is 0.100. The predicted molar refractivity (Wildman–Crippen MR) is 109 cm³/mol. The number of nitrogen functional groups attached to an aromatic ring is 1. The molecule has 4 aromatic rings. The average Bonchev–Trinajstić information content (AvgIpc) is 3.30. The Kier molecular flexibility index (Phi) is 5.22. The molecule has 0 unspecified atom stereocenters. The minimum Gasteiger partial charge on any atom is -0.467 e. The van der Waals surface area contributed by atoms with Crippen molar-refractivity contribution < 1.29 is 13.9 Å². The number of aromatic nitrogens is 6. The molecule has 3 aromatic heterocycles. The summed E-state index contributed by atoms with van der Waals surface area (Å²) in [6.07, 6.45) is 5.28. The molecule has 4 rings (SSSR count). The fourth-order valence-corrected chi connectivity index (χ4v) is 2.90. The van der Waals surface area contributed by atoms with Gasteiger partial charge in [-0.2, -0.15) is 15.0 Å². The van der Waals surface area contributed by atoms with Crippen molar-refractivity contribution in [2.24, 2.45) is 5.73 Å². The van der Waals surface area contributed by atoms with Crippen LogP contribution in [-0.4, -0.2) is 35.9 Å². The molecular weight excluding hydrogens is 403 g/mol. The highest BCUT2D eigenvalue weighted by Crippen LogP contribution is 2.29. The molecule has 3 heterocycles. The van der Waals surface area contributed by atoms with Crippen LogP contribution in [0.25, 0.3) is 16.9 Å². The minimum atomic E-state index is -0.654. The van der Waals surface area contributed by atoms with E-state index in [1.54, 1.807) is 19.1 Å². The third-order valence-electron chi connectivity index (χ3n) is 4.43. The van der Waals surface area contributed by atoms with Crippen LogP contribution in [0.5, 0.6) is 5.88 Å². The molecule has 31 heavy (non-hydrogen) atoms. The summed E-state index contributed by atoms with van der Waals surface area (Å²) in [6.45, 7) is 1.72. The minimum absolute atomic E-state index is 0.0625. The quantitative estimate of drug-likeness (QED) is 0.482. The van der Waals surface area contributed by atoms with Gasteiger partial charge in [0, 0.05) is 17.3 Å². The van der Waals surface area contributed by atoms with Crippen molar-refractivity contribution in [3.63, 3.8) is 0 Å². The number of halogens is 1. The highest BCUT2D eigenvalue weighted by Gasteiger charge is 2.19. The van der Waals surface area contributed by atoms with Crippen LogP contribution in [0.1, 0.15) is 29.1 Å². The van der Waals surface area contributed by atoms with Crippen molar-refractivity contribution in [1.29, 1.82) is 0 Å². The van der Waals surface area contributed by atoms with Crippen LogP contribution in [0.15, 0.2) is 55.1 Å². The van der Waals surface area contributed by atoms with Crippen molar-refractivity contribution in [2.75, 3.05) is 5.73 Å². The average molecular weight is 420 g/mol. The molecule has 1 atom stereocenters. The Morgan fingerprint density at radius 2 is 1.90 bits per heavy atom. The normalized spacial score (nSPS) is 11.8. The molecule has 0 bridgehead atoms. The number of anilines is 1. The summed E-state index contributed by atoms with van der Waals surface area (Å²) >= 11 is 0. The van der Waals surface area contributed by atoms with Gasteiger partial charge in [0.15, 0.2) is 5.82 Å². The predicted octanol–water partition coefficient (Wildman–Crippen LogP) is 2.08. The number of nitrogens with zero attached hydrogens (tertiary/aromatic N) is 6. The number of hydrogen-bond acceptors (Lipinski definition) is 8. The second-order valence-electron chi connectivity index (χ2n) is 6.52. The summed E-state index contributed by atoms with van der Waals surface area (Å²) in [5, 5.41) is 8.18. The standard InChI is InChI=1S/C20H17FN8O2/c1-11(14-8-13(21)3-5-17(14)29-26-6-7-27-29)31-20-18(22)25-10-16(28-20)12-2-4-15(19(23)30)24-9-12/h2-11H,1H3,(H2,22,25)(H2,23,30)/t11-/m1/s1. The van der Waals surface area contributed by atoms with Crippen LogP contribution in [0.2, 0.25) is 0 Å². The van der Waals surface area contributed by atoms with Gasteiger partial charge >= 0.3 is 0 Å². The number of nitrogens with two attached hydrogens (primary N) is 2. The highest BCUT2D eigenvalue weighted by atomic mass is 19.1. The van der Waals surface area contributed by atoms with Crippen LogP contribution in [0.4, 0.5) is 10.2 Å². The summed E-state index contributed by atoms with van der Waals surface area (Å²) in [6, 6.07) is 7.32. The molecule has 11 heteroatoms. The largest absolute Gasteiger partial charge is 0.467 e. The zero-order chi connectivity index (χ0) is 22.0. The van der Waals surface area contributed by atoms with Crippen molar-refractivity contribution >= 4 is 11.7 Å². The number of ether oxygens (including phenoxy) is 1. The molecule has 0 radical (unpaired) electrons. The van der Waals surface area contributed by atoms with E-state index >= 15 is 0 Å². The van der Waals surface area contributed by atoms with Crippen LogP contribution in [0.3, 0.4) is 0 Å². The third-order valence-corrected chi connectivity index (χ3v) is 4.43. The van der Waals surface area contributed by atoms with Gasteiger partial charge in [-0.25, -0.2) is 14.4 Å². The first-order chi connectivity index (χ1) is 14.9. The maximum absolute atomic E-state index is 13.9. The number of primary amides is 1. The first-order valence-corrected chi connectivity index (χ1v) is 9.14. The maximum atomic E-state index is 13.9. The summed E-state index contributed by atoms with van der Waals surface area (Å²) in [5.74, 6) is -0.944. The van der Waals surface area contributed by atoms with Gasteiger partial charge in [-0.1, -0.05) is 0 Å². The highest BCUT2D eigenvalue weighted by molar-refractivity contribution is 5.91. The second-order valence-corrected chi connectivity index (χ2v) is 6.52. The Hall–Kier alpha value is -4.41. The van der Waals surface area contributed by atoms with E-state index < -0.39 is 17.8 Å². The van der Waals surface area contributed by atoms with Crippen molar-refractivity contribution in [3.05, 3.63) is 72.2 Å². The first kappa shape index (κ1) is 19.9. The van der Waals surface area contributed by atoms with Gasteiger partial charge < -0.3 is 16.2 Å². The van der Waals surface area contributed by atoms with E-state index in [1.165, 1.54) is 47.8 Å². The zero-order valence-corrected chi connectivity index (χ0v) is 16.3. The lowest BCUT2D eigenvalue weighted by Crippen LogP contribution is -2.13. The lowest BCUT2D eigenvalue weighted by Gasteiger charge is -2.18. The molecule has 0 saturated carbocycles. The number of amides is 1. The Labute approximate surface area is 175 Å². The molecule has 10 nitrogen and oxygen atoms in total. The number of rotatable bonds is 6. The van der Waals surface area contributed by atoms with Crippen molar-refractivity contribution in [1.82, 2.24) is 29.9 Å². The lowest BCUT2D eigenvalue weighted by atomic mass is 10.1. The van der Waals surface area contributed by atoms with Gasteiger partial charge in [-0.05, 0) is 37.3 Å². The van der Waals surface area contributed by atoms with Gasteiger partial charge in [0.25, 0.3) is 11.8 Å². The molecule has 1 amide bonds. The molecule has 0 saturated heterocycles. The Morgan fingerprint density at radius 1 is 1.13 bits per heavy atom. The number of benzene rings is 1. The lowest BCUT2D eigenvalue weighted by molar-refractivity contribution is 0.0995. The van der Waals surface area contributed by atoms with Crippen LogP contribution >= 0.6 is 0 Å². The Morgan fingerprint density at radius 3 is 2.58 bits per heavy atom. The number of carbonyl (C=O) groups is 1. The monoisotopic (exact) mass is 420 g/mol. The summed E-state index contributed by atoms with van der Waals surface area (Å²) in [5.41, 5.74) is 13.3. The molecule has 0 aliphatic heterocycles.